The maximum Gasteiger partial charge on any atom is 0.431 e. The van der Waals surface area contributed by atoms with Gasteiger partial charge >= 0.3 is 6.18 Å². The summed E-state index contributed by atoms with van der Waals surface area (Å²) in [7, 11) is 0. The number of rotatable bonds is 1. The molecule has 0 atom stereocenters. The van der Waals surface area contributed by atoms with Crippen molar-refractivity contribution in [1.29, 1.82) is 0 Å². The average molecular weight is 242 g/mol. The number of benzene rings is 1. The number of anilines is 1. The van der Waals surface area contributed by atoms with Crippen molar-refractivity contribution in [3.63, 3.8) is 0 Å². The zero-order chi connectivity index (χ0) is 12.5. The van der Waals surface area contributed by atoms with Gasteiger partial charge in [0.15, 0.2) is 5.78 Å². The van der Waals surface area contributed by atoms with Crippen molar-refractivity contribution in [2.75, 3.05) is 11.6 Å². The Hall–Kier alpha value is -1.85. The Bertz CT molecular complexity index is 454. The Kier molecular flexibility index (Phi) is 2.87. The van der Waals surface area contributed by atoms with Gasteiger partial charge in [0, 0.05) is 0 Å². The molecule has 17 heavy (non-hydrogen) atoms. The zero-order valence-electron chi connectivity index (χ0n) is 8.74. The number of ketones is 1. The number of hydrogen-bond acceptors (Lipinski definition) is 3. The zero-order valence-corrected chi connectivity index (χ0v) is 8.74. The number of hydrazone groups is 1. The fourth-order valence-electron chi connectivity index (χ4n) is 1.53. The lowest BCUT2D eigenvalue weighted by Crippen LogP contribution is -2.38. The number of halogens is 3. The minimum Gasteiger partial charge on any atom is -0.297 e. The first-order valence-electron chi connectivity index (χ1n) is 4.96. The summed E-state index contributed by atoms with van der Waals surface area (Å²) in [6, 6.07) is 8.31. The van der Waals surface area contributed by atoms with E-state index >= 15 is 0 Å². The second-order valence-corrected chi connectivity index (χ2v) is 3.65. The molecule has 90 valence electrons. The average Bonchev–Trinajstić information content (AvgIpc) is 2.28. The lowest BCUT2D eigenvalue weighted by molar-refractivity contribution is -0.118. The van der Waals surface area contributed by atoms with Crippen LogP contribution in [0.3, 0.4) is 0 Å². The third-order valence-electron chi connectivity index (χ3n) is 2.31. The summed E-state index contributed by atoms with van der Waals surface area (Å²) in [6.45, 7) is -0.121. The third kappa shape index (κ3) is 2.64. The van der Waals surface area contributed by atoms with E-state index in [2.05, 4.69) is 5.10 Å². The number of hydrogen-bond donors (Lipinski definition) is 0. The monoisotopic (exact) mass is 242 g/mol. The summed E-state index contributed by atoms with van der Waals surface area (Å²) < 4.78 is 37.5. The fourth-order valence-corrected chi connectivity index (χ4v) is 1.53. The van der Waals surface area contributed by atoms with E-state index < -0.39 is 24.1 Å². The first-order chi connectivity index (χ1) is 7.97. The molecule has 1 aliphatic heterocycles. The molecule has 0 N–H and O–H groups in total. The Morgan fingerprint density at radius 3 is 2.41 bits per heavy atom. The van der Waals surface area contributed by atoms with Gasteiger partial charge in [-0.15, -0.1) is 0 Å². The second-order valence-electron chi connectivity index (χ2n) is 3.65. The second kappa shape index (κ2) is 4.20. The highest BCUT2D eigenvalue weighted by molar-refractivity contribution is 6.08. The topological polar surface area (TPSA) is 32.7 Å². The predicted molar refractivity (Wildman–Crippen MR) is 56.9 cm³/mol. The number of para-hydroxylation sites is 1. The maximum absolute atomic E-state index is 12.5. The summed E-state index contributed by atoms with van der Waals surface area (Å²) >= 11 is 0. The van der Waals surface area contributed by atoms with Crippen LogP contribution in [0.4, 0.5) is 18.9 Å². The number of nitrogens with zero attached hydrogens (tertiary/aromatic N) is 2. The molecule has 1 aromatic rings. The third-order valence-corrected chi connectivity index (χ3v) is 2.31. The van der Waals surface area contributed by atoms with Gasteiger partial charge in [-0.3, -0.25) is 9.80 Å². The largest absolute Gasteiger partial charge is 0.431 e. The van der Waals surface area contributed by atoms with E-state index in [1.165, 1.54) is 0 Å². The maximum atomic E-state index is 12.5. The Morgan fingerprint density at radius 1 is 1.18 bits per heavy atom. The van der Waals surface area contributed by atoms with Crippen molar-refractivity contribution in [3.05, 3.63) is 30.3 Å². The summed E-state index contributed by atoms with van der Waals surface area (Å²) in [5.41, 5.74) is -0.570. The molecule has 0 radical (unpaired) electrons. The van der Waals surface area contributed by atoms with Crippen molar-refractivity contribution >= 4 is 17.2 Å². The summed E-state index contributed by atoms with van der Waals surface area (Å²) in [5, 5.41) is 4.56. The molecule has 0 aromatic heterocycles. The molecule has 0 saturated heterocycles. The molecule has 0 unspecified atom stereocenters. The molecule has 0 spiro atoms. The standard InChI is InChI=1S/C11H9F3N2O/c12-11(13,14)10-6-9(17)7-16(15-10)8-4-2-1-3-5-8/h1-5H,6-7H2. The normalized spacial score (nSPS) is 17.0. The SMILES string of the molecule is O=C1CC(C(F)(F)F)=NN(c2ccccc2)C1. The van der Waals surface area contributed by atoms with Gasteiger partial charge in [0.1, 0.15) is 12.3 Å². The van der Waals surface area contributed by atoms with Gasteiger partial charge in [0.05, 0.1) is 12.1 Å². The molecule has 6 heteroatoms. The molecule has 2 rings (SSSR count). The highest BCUT2D eigenvalue weighted by Gasteiger charge is 2.39. The molecule has 3 nitrogen and oxygen atoms in total. The predicted octanol–water partition coefficient (Wildman–Crippen LogP) is 2.38. The molecule has 0 fully saturated rings. The van der Waals surface area contributed by atoms with E-state index in [4.69, 9.17) is 0 Å². The van der Waals surface area contributed by atoms with Crippen LogP contribution in [0.15, 0.2) is 35.4 Å². The van der Waals surface area contributed by atoms with Crippen molar-refractivity contribution in [2.24, 2.45) is 5.10 Å². The van der Waals surface area contributed by atoms with Crippen LogP contribution in [0.5, 0.6) is 0 Å². The van der Waals surface area contributed by atoms with Crippen molar-refractivity contribution in [3.8, 4) is 0 Å². The molecule has 1 heterocycles. The highest BCUT2D eigenvalue weighted by atomic mass is 19.4. The van der Waals surface area contributed by atoms with Crippen molar-refractivity contribution < 1.29 is 18.0 Å². The molecular formula is C11H9F3N2O. The lowest BCUT2D eigenvalue weighted by Gasteiger charge is -2.25. The van der Waals surface area contributed by atoms with Crippen LogP contribution in [-0.4, -0.2) is 24.2 Å². The van der Waals surface area contributed by atoms with Gasteiger partial charge in [0.2, 0.25) is 0 Å². The first-order valence-corrected chi connectivity index (χ1v) is 4.96. The van der Waals surface area contributed by atoms with Gasteiger partial charge in [-0.05, 0) is 12.1 Å². The van der Waals surface area contributed by atoms with E-state index in [1.807, 2.05) is 0 Å². The smallest absolute Gasteiger partial charge is 0.297 e. The Balaban J connectivity index is 2.33. The molecule has 1 aromatic carbocycles. The molecule has 1 aliphatic rings. The van der Waals surface area contributed by atoms with Gasteiger partial charge in [-0.25, -0.2) is 0 Å². The molecule has 0 bridgehead atoms. The van der Waals surface area contributed by atoms with Crippen LogP contribution in [0.2, 0.25) is 0 Å². The van der Waals surface area contributed by atoms with Crippen molar-refractivity contribution in [1.82, 2.24) is 0 Å². The molecule has 0 amide bonds. The van der Waals surface area contributed by atoms with E-state index in [1.54, 1.807) is 30.3 Å². The number of carbonyl (C=O) groups is 1. The first kappa shape index (κ1) is 11.6. The van der Waals surface area contributed by atoms with Gasteiger partial charge in [0.25, 0.3) is 0 Å². The summed E-state index contributed by atoms with van der Waals surface area (Å²) in [5.74, 6) is -0.490. The summed E-state index contributed by atoms with van der Waals surface area (Å²) in [4.78, 5) is 11.3. The fraction of sp³-hybridized carbons (Fsp3) is 0.273. The van der Waals surface area contributed by atoms with Crippen LogP contribution in [-0.2, 0) is 4.79 Å². The quantitative estimate of drug-likeness (QED) is 0.757. The van der Waals surface area contributed by atoms with Gasteiger partial charge in [-0.1, -0.05) is 18.2 Å². The number of alkyl halides is 3. The van der Waals surface area contributed by atoms with E-state index in [0.29, 0.717) is 5.69 Å². The van der Waals surface area contributed by atoms with Crippen LogP contribution in [0.1, 0.15) is 6.42 Å². The van der Waals surface area contributed by atoms with Crippen molar-refractivity contribution in [2.45, 2.75) is 12.6 Å². The van der Waals surface area contributed by atoms with E-state index in [-0.39, 0.29) is 6.54 Å². The summed E-state index contributed by atoms with van der Waals surface area (Å²) in [6.07, 6.45) is -5.20. The molecular weight excluding hydrogens is 233 g/mol. The number of carbonyl (C=O) groups excluding carboxylic acids is 1. The lowest BCUT2D eigenvalue weighted by atomic mass is 10.1. The molecule has 0 saturated carbocycles. The number of Topliss-reactive ketones (excluding diaryl/α,β-unsaturated/α-hetero) is 1. The van der Waals surface area contributed by atoms with Crippen LogP contribution in [0.25, 0.3) is 0 Å². The minimum absolute atomic E-state index is 0.121. The Labute approximate surface area is 95.5 Å². The van der Waals surface area contributed by atoms with Crippen LogP contribution in [0, 0.1) is 0 Å². The van der Waals surface area contributed by atoms with E-state index in [0.717, 1.165) is 5.01 Å². The van der Waals surface area contributed by atoms with Gasteiger partial charge in [-0.2, -0.15) is 18.3 Å². The highest BCUT2D eigenvalue weighted by Crippen LogP contribution is 2.25. The Morgan fingerprint density at radius 2 is 1.82 bits per heavy atom. The van der Waals surface area contributed by atoms with Gasteiger partial charge < -0.3 is 0 Å². The van der Waals surface area contributed by atoms with Crippen LogP contribution < -0.4 is 5.01 Å². The van der Waals surface area contributed by atoms with Crippen LogP contribution >= 0.6 is 0 Å². The minimum atomic E-state index is -4.55. The molecule has 0 aliphatic carbocycles. The van der Waals surface area contributed by atoms with E-state index in [9.17, 15) is 18.0 Å².